The van der Waals surface area contributed by atoms with E-state index in [1.807, 2.05) is 0 Å². The number of rotatable bonds is 3. The van der Waals surface area contributed by atoms with Gasteiger partial charge in [0.2, 0.25) is 0 Å². The van der Waals surface area contributed by atoms with Crippen molar-refractivity contribution < 1.29 is 19.4 Å². The van der Waals surface area contributed by atoms with Crippen molar-refractivity contribution in [2.75, 3.05) is 6.61 Å². The highest BCUT2D eigenvalue weighted by atomic mass is 19.1. The van der Waals surface area contributed by atoms with E-state index in [2.05, 4.69) is 22.1 Å². The van der Waals surface area contributed by atoms with Crippen LogP contribution in [0.1, 0.15) is 24.4 Å². The van der Waals surface area contributed by atoms with Crippen molar-refractivity contribution >= 4 is 17.0 Å². The lowest BCUT2D eigenvalue weighted by atomic mass is 10.1. The van der Waals surface area contributed by atoms with Crippen LogP contribution < -0.4 is 10.9 Å². The number of fused-ring (bicyclic) bond motifs is 1. The Balaban J connectivity index is 2.42. The first-order chi connectivity index (χ1) is 13.4. The van der Waals surface area contributed by atoms with Gasteiger partial charge in [-0.15, -0.1) is 0 Å². The van der Waals surface area contributed by atoms with Gasteiger partial charge in [0.25, 0.3) is 5.56 Å². The number of carbonyl (C=O) groups is 1. The summed E-state index contributed by atoms with van der Waals surface area (Å²) in [6, 6.07) is 10.1. The second-order valence-corrected chi connectivity index (χ2v) is 5.89. The molecule has 28 heavy (non-hydrogen) atoms. The lowest BCUT2D eigenvalue weighted by Crippen LogP contribution is -2.32. The average molecular weight is 381 g/mol. The minimum atomic E-state index is -1.27. The average Bonchev–Trinajstić information content (AvgIpc) is 2.67. The maximum absolute atomic E-state index is 14.3. The molecule has 7 nitrogen and oxygen atoms in total. The molecule has 8 heteroatoms. The Kier molecular flexibility index (Phi) is 5.38. The van der Waals surface area contributed by atoms with Gasteiger partial charge < -0.3 is 15.5 Å². The number of para-hydroxylation sites is 1. The molecule has 0 bridgehead atoms. The molecule has 1 atom stereocenters. The van der Waals surface area contributed by atoms with E-state index in [-0.39, 0.29) is 22.3 Å². The summed E-state index contributed by atoms with van der Waals surface area (Å²) in [6.45, 7) is 1.06. The summed E-state index contributed by atoms with van der Waals surface area (Å²) >= 11 is 0. The van der Waals surface area contributed by atoms with Crippen LogP contribution in [0.15, 0.2) is 47.3 Å². The second kappa shape index (κ2) is 7.90. The first kappa shape index (κ1) is 19.1. The minimum Gasteiger partial charge on any atom is -0.465 e. The summed E-state index contributed by atoms with van der Waals surface area (Å²) in [6.07, 6.45) is -1.27. The summed E-state index contributed by atoms with van der Waals surface area (Å²) in [5.41, 5.74) is -0.137. The van der Waals surface area contributed by atoms with E-state index < -0.39 is 30.1 Å². The molecule has 1 unspecified atom stereocenters. The van der Waals surface area contributed by atoms with Gasteiger partial charge in [-0.2, -0.15) is 0 Å². The van der Waals surface area contributed by atoms with Gasteiger partial charge in [0.15, 0.2) is 0 Å². The first-order valence-corrected chi connectivity index (χ1v) is 8.33. The Morgan fingerprint density at radius 3 is 2.64 bits per heavy atom. The molecule has 0 fully saturated rings. The molecule has 3 rings (SSSR count). The summed E-state index contributed by atoms with van der Waals surface area (Å²) in [7, 11) is 0. The van der Waals surface area contributed by atoms with Gasteiger partial charge in [-0.1, -0.05) is 30.0 Å². The highest BCUT2D eigenvalue weighted by Gasteiger charge is 2.21. The minimum absolute atomic E-state index is 0.0453. The smallest absolute Gasteiger partial charge is 0.405 e. The van der Waals surface area contributed by atoms with Crippen LogP contribution in [0.2, 0.25) is 0 Å². The zero-order valence-corrected chi connectivity index (χ0v) is 14.8. The molecule has 0 radical (unpaired) electrons. The van der Waals surface area contributed by atoms with Crippen molar-refractivity contribution in [3.05, 3.63) is 70.0 Å². The molecule has 0 saturated carbocycles. The van der Waals surface area contributed by atoms with Crippen LogP contribution in [0.5, 0.6) is 0 Å². The van der Waals surface area contributed by atoms with Crippen molar-refractivity contribution in [1.82, 2.24) is 14.9 Å². The monoisotopic (exact) mass is 381 g/mol. The van der Waals surface area contributed by atoms with Crippen molar-refractivity contribution in [2.45, 2.75) is 13.0 Å². The standard InChI is InChI=1S/C20H16FN3O4/c1-12(22-20(27)28)18-23-16-10-9-15(21)14(8-5-11-25)17(16)19(26)24(18)13-6-3-2-4-7-13/h2-4,6-7,9-10,12,22,25H,11H2,1H3,(H,27,28). The van der Waals surface area contributed by atoms with Crippen LogP contribution in [-0.2, 0) is 0 Å². The second-order valence-electron chi connectivity index (χ2n) is 5.89. The molecule has 1 heterocycles. The molecular weight excluding hydrogens is 365 g/mol. The van der Waals surface area contributed by atoms with E-state index in [0.29, 0.717) is 5.69 Å². The Hall–Kier alpha value is -3.70. The van der Waals surface area contributed by atoms with Crippen LogP contribution in [0.4, 0.5) is 9.18 Å². The van der Waals surface area contributed by atoms with Gasteiger partial charge in [-0.25, -0.2) is 14.2 Å². The van der Waals surface area contributed by atoms with Gasteiger partial charge >= 0.3 is 6.09 Å². The molecule has 0 aliphatic carbocycles. The number of benzene rings is 2. The number of amides is 1. The maximum Gasteiger partial charge on any atom is 0.405 e. The van der Waals surface area contributed by atoms with Crippen LogP contribution in [-0.4, -0.2) is 32.5 Å². The fraction of sp³-hybridized carbons (Fsp3) is 0.150. The largest absolute Gasteiger partial charge is 0.465 e. The van der Waals surface area contributed by atoms with Crippen molar-refractivity contribution in [3.63, 3.8) is 0 Å². The van der Waals surface area contributed by atoms with Gasteiger partial charge in [0.05, 0.1) is 28.2 Å². The Morgan fingerprint density at radius 2 is 2.00 bits per heavy atom. The normalized spacial score (nSPS) is 11.5. The fourth-order valence-electron chi connectivity index (χ4n) is 2.88. The highest BCUT2D eigenvalue weighted by Crippen LogP contribution is 2.21. The van der Waals surface area contributed by atoms with E-state index in [4.69, 9.17) is 10.2 Å². The van der Waals surface area contributed by atoms with E-state index >= 15 is 0 Å². The van der Waals surface area contributed by atoms with Crippen LogP contribution in [0.25, 0.3) is 16.6 Å². The molecule has 0 saturated heterocycles. The molecule has 0 aliphatic heterocycles. The number of aliphatic hydroxyl groups excluding tert-OH is 1. The predicted molar refractivity (Wildman–Crippen MR) is 101 cm³/mol. The molecule has 1 aromatic heterocycles. The molecule has 3 aromatic rings. The third kappa shape index (κ3) is 3.56. The van der Waals surface area contributed by atoms with Gasteiger partial charge in [0, 0.05) is 0 Å². The number of halogens is 1. The highest BCUT2D eigenvalue weighted by molar-refractivity contribution is 5.85. The molecule has 1 amide bonds. The third-order valence-electron chi connectivity index (χ3n) is 4.05. The summed E-state index contributed by atoms with van der Waals surface area (Å²) in [4.78, 5) is 28.8. The van der Waals surface area contributed by atoms with Gasteiger partial charge in [-0.3, -0.25) is 9.36 Å². The molecule has 2 aromatic carbocycles. The van der Waals surface area contributed by atoms with E-state index in [0.717, 1.165) is 6.07 Å². The Morgan fingerprint density at radius 1 is 1.29 bits per heavy atom. The van der Waals surface area contributed by atoms with E-state index in [9.17, 15) is 14.0 Å². The Bertz CT molecular complexity index is 1160. The fourth-order valence-corrected chi connectivity index (χ4v) is 2.88. The summed E-state index contributed by atoms with van der Waals surface area (Å²) in [5, 5.41) is 20.2. The zero-order chi connectivity index (χ0) is 20.3. The number of hydrogen-bond acceptors (Lipinski definition) is 4. The lowest BCUT2D eigenvalue weighted by Gasteiger charge is -2.19. The molecular formula is C20H16FN3O4. The molecule has 0 aliphatic rings. The molecule has 0 spiro atoms. The predicted octanol–water partition coefficient (Wildman–Crippen LogP) is 2.20. The van der Waals surface area contributed by atoms with Crippen LogP contribution in [0.3, 0.4) is 0 Å². The summed E-state index contributed by atoms with van der Waals surface area (Å²) < 4.78 is 15.6. The van der Waals surface area contributed by atoms with E-state index in [1.165, 1.54) is 10.6 Å². The van der Waals surface area contributed by atoms with Crippen molar-refractivity contribution in [3.8, 4) is 17.5 Å². The zero-order valence-electron chi connectivity index (χ0n) is 14.8. The quantitative estimate of drug-likeness (QED) is 0.604. The van der Waals surface area contributed by atoms with Gasteiger partial charge in [0.1, 0.15) is 18.2 Å². The lowest BCUT2D eigenvalue weighted by molar-refractivity contribution is 0.190. The van der Waals surface area contributed by atoms with Crippen LogP contribution in [0, 0.1) is 17.7 Å². The number of nitrogens with zero attached hydrogens (tertiary/aromatic N) is 2. The number of carboxylic acid groups (broad SMARTS) is 1. The Labute approximate surface area is 159 Å². The first-order valence-electron chi connectivity index (χ1n) is 8.33. The number of nitrogens with one attached hydrogen (secondary N) is 1. The topological polar surface area (TPSA) is 104 Å². The number of aliphatic hydroxyl groups is 1. The SMILES string of the molecule is CC(NC(=O)O)c1nc2ccc(F)c(C#CCO)c2c(=O)n1-c1ccccc1. The molecule has 3 N–H and O–H groups in total. The van der Waals surface area contributed by atoms with Gasteiger partial charge in [-0.05, 0) is 31.2 Å². The maximum atomic E-state index is 14.3. The number of aromatic nitrogens is 2. The van der Waals surface area contributed by atoms with Crippen molar-refractivity contribution in [2.24, 2.45) is 0 Å². The summed E-state index contributed by atoms with van der Waals surface area (Å²) in [5.74, 6) is 4.25. The van der Waals surface area contributed by atoms with E-state index in [1.54, 1.807) is 37.3 Å². The van der Waals surface area contributed by atoms with Crippen LogP contribution >= 0.6 is 0 Å². The number of hydrogen-bond donors (Lipinski definition) is 3. The molecule has 142 valence electrons. The van der Waals surface area contributed by atoms with Crippen molar-refractivity contribution in [1.29, 1.82) is 0 Å². The third-order valence-corrected chi connectivity index (χ3v) is 4.05.